The van der Waals surface area contributed by atoms with Gasteiger partial charge in [-0.25, -0.2) is 9.48 Å². The lowest BCUT2D eigenvalue weighted by atomic mass is 10.00. The largest absolute Gasteiger partial charge is 0.335 e. The van der Waals surface area contributed by atoms with E-state index in [-0.39, 0.29) is 18.1 Å². The lowest BCUT2D eigenvalue weighted by Gasteiger charge is -2.32. The van der Waals surface area contributed by atoms with Crippen LogP contribution in [0.15, 0.2) is 72.9 Å². The second-order valence-corrected chi connectivity index (χ2v) is 10.0. The maximum atomic E-state index is 14.0. The summed E-state index contributed by atoms with van der Waals surface area (Å²) in [5.74, 6) is 1.02. The summed E-state index contributed by atoms with van der Waals surface area (Å²) in [6.07, 6.45) is 7.39. The Morgan fingerprint density at radius 3 is 2.58 bits per heavy atom. The molecule has 0 saturated heterocycles. The first-order valence-electron chi connectivity index (χ1n) is 13.1. The van der Waals surface area contributed by atoms with E-state index < -0.39 is 0 Å². The first kappa shape index (κ1) is 22.7. The summed E-state index contributed by atoms with van der Waals surface area (Å²) < 4.78 is 4.29. The number of amides is 2. The minimum absolute atomic E-state index is 0.00326. The van der Waals surface area contributed by atoms with Crippen LogP contribution in [0.25, 0.3) is 11.5 Å². The summed E-state index contributed by atoms with van der Waals surface area (Å²) in [5.41, 5.74) is 6.53. The van der Waals surface area contributed by atoms with Gasteiger partial charge in [0.25, 0.3) is 0 Å². The molecule has 1 aliphatic heterocycles. The van der Waals surface area contributed by atoms with Crippen LogP contribution in [-0.2, 0) is 13.0 Å². The molecule has 4 aromatic rings. The summed E-state index contributed by atoms with van der Waals surface area (Å²) in [6.45, 7) is 4.75. The second kappa shape index (κ2) is 9.34. The van der Waals surface area contributed by atoms with Crippen LogP contribution in [0.2, 0.25) is 0 Å². The van der Waals surface area contributed by atoms with Crippen LogP contribution >= 0.6 is 0 Å². The SMILES string of the molecule is CCc1nn(-c2ccccc2)c2c1CN(C(=O)NC1CCCC1)[C@H](c1cccc(C)c1)c1cccn1-2. The highest BCUT2D eigenvalue weighted by Gasteiger charge is 2.37. The molecule has 1 N–H and O–H groups in total. The van der Waals surface area contributed by atoms with E-state index in [9.17, 15) is 4.79 Å². The fourth-order valence-electron chi connectivity index (χ4n) is 5.87. The Morgan fingerprint density at radius 1 is 1.03 bits per heavy atom. The summed E-state index contributed by atoms with van der Waals surface area (Å²) in [6, 6.07) is 23.1. The number of hydrogen-bond donors (Lipinski definition) is 1. The van der Waals surface area contributed by atoms with Crippen molar-refractivity contribution in [3.8, 4) is 11.5 Å². The number of hydrogen-bond acceptors (Lipinski definition) is 2. The zero-order valence-corrected chi connectivity index (χ0v) is 21.0. The summed E-state index contributed by atoms with van der Waals surface area (Å²) in [5, 5.41) is 8.42. The van der Waals surface area contributed by atoms with Gasteiger partial charge in [-0.05, 0) is 56.0 Å². The first-order chi connectivity index (χ1) is 17.6. The van der Waals surface area contributed by atoms with E-state index in [2.05, 4.69) is 78.5 Å². The molecule has 184 valence electrons. The van der Waals surface area contributed by atoms with Gasteiger partial charge >= 0.3 is 6.03 Å². The molecule has 1 saturated carbocycles. The van der Waals surface area contributed by atoms with Crippen molar-refractivity contribution in [1.82, 2.24) is 24.6 Å². The lowest BCUT2D eigenvalue weighted by Crippen LogP contribution is -2.45. The highest BCUT2D eigenvalue weighted by molar-refractivity contribution is 5.76. The van der Waals surface area contributed by atoms with E-state index >= 15 is 0 Å². The summed E-state index contributed by atoms with van der Waals surface area (Å²) in [4.78, 5) is 16.0. The second-order valence-electron chi connectivity index (χ2n) is 10.0. The predicted octanol–water partition coefficient (Wildman–Crippen LogP) is 6.09. The maximum absolute atomic E-state index is 14.0. The molecule has 1 fully saturated rings. The Labute approximate surface area is 212 Å². The van der Waals surface area contributed by atoms with Gasteiger partial charge in [-0.2, -0.15) is 5.10 Å². The molecule has 1 atom stereocenters. The summed E-state index contributed by atoms with van der Waals surface area (Å²) in [7, 11) is 0. The van der Waals surface area contributed by atoms with Gasteiger partial charge in [0.15, 0.2) is 0 Å². The van der Waals surface area contributed by atoms with Crippen LogP contribution in [0.5, 0.6) is 0 Å². The third-order valence-corrected chi connectivity index (χ3v) is 7.61. The maximum Gasteiger partial charge on any atom is 0.318 e. The number of carbonyl (C=O) groups excluding carboxylic acids is 1. The first-order valence-corrected chi connectivity index (χ1v) is 13.1. The molecule has 2 aliphatic rings. The van der Waals surface area contributed by atoms with E-state index in [0.717, 1.165) is 53.3 Å². The zero-order valence-electron chi connectivity index (χ0n) is 21.0. The summed E-state index contributed by atoms with van der Waals surface area (Å²) >= 11 is 0. The number of aryl methyl sites for hydroxylation is 2. The van der Waals surface area contributed by atoms with E-state index in [1.807, 2.05) is 27.8 Å². The molecule has 36 heavy (non-hydrogen) atoms. The molecule has 1 aliphatic carbocycles. The minimum Gasteiger partial charge on any atom is -0.335 e. The molecule has 0 spiro atoms. The third-order valence-electron chi connectivity index (χ3n) is 7.61. The number of nitrogens with zero attached hydrogens (tertiary/aromatic N) is 4. The van der Waals surface area contributed by atoms with Gasteiger partial charge in [0, 0.05) is 17.8 Å². The molecule has 0 radical (unpaired) electrons. The molecule has 6 heteroatoms. The van der Waals surface area contributed by atoms with Crippen LogP contribution in [0, 0.1) is 6.92 Å². The molecular weight excluding hydrogens is 446 g/mol. The topological polar surface area (TPSA) is 55.1 Å². The average Bonchev–Trinajstić information content (AvgIpc) is 3.63. The molecule has 0 unspecified atom stereocenters. The third kappa shape index (κ3) is 3.91. The van der Waals surface area contributed by atoms with Crippen LogP contribution in [0.4, 0.5) is 4.79 Å². The molecular formula is C30H33N5O. The Hall–Kier alpha value is -3.80. The van der Waals surface area contributed by atoms with Crippen LogP contribution in [0.1, 0.15) is 66.7 Å². The Morgan fingerprint density at radius 2 is 1.83 bits per heavy atom. The van der Waals surface area contributed by atoms with E-state index in [0.29, 0.717) is 6.54 Å². The van der Waals surface area contributed by atoms with Gasteiger partial charge in [-0.1, -0.05) is 67.8 Å². The molecule has 6 rings (SSSR count). The van der Waals surface area contributed by atoms with Gasteiger partial charge in [0.1, 0.15) is 5.82 Å². The normalized spacial score (nSPS) is 17.5. The number of urea groups is 1. The Balaban J connectivity index is 1.55. The number of rotatable bonds is 4. The highest BCUT2D eigenvalue weighted by atomic mass is 16.2. The van der Waals surface area contributed by atoms with Crippen molar-refractivity contribution in [2.24, 2.45) is 0 Å². The molecule has 2 aromatic heterocycles. The van der Waals surface area contributed by atoms with Crippen molar-refractivity contribution in [3.63, 3.8) is 0 Å². The van der Waals surface area contributed by atoms with Crippen molar-refractivity contribution in [2.45, 2.75) is 64.6 Å². The molecule has 2 amide bonds. The fourth-order valence-corrected chi connectivity index (χ4v) is 5.87. The molecule has 3 heterocycles. The van der Waals surface area contributed by atoms with Crippen LogP contribution in [-0.4, -0.2) is 31.3 Å². The number of para-hydroxylation sites is 1. The molecule has 2 aromatic carbocycles. The van der Waals surface area contributed by atoms with Crippen LogP contribution < -0.4 is 5.32 Å². The Kier molecular flexibility index (Phi) is 5.88. The fraction of sp³-hybridized carbons (Fsp3) is 0.333. The van der Waals surface area contributed by atoms with Crippen LogP contribution in [0.3, 0.4) is 0 Å². The number of benzene rings is 2. The van der Waals surface area contributed by atoms with E-state index in [4.69, 9.17) is 5.10 Å². The van der Waals surface area contributed by atoms with Gasteiger partial charge in [-0.15, -0.1) is 0 Å². The van der Waals surface area contributed by atoms with Gasteiger partial charge in [-0.3, -0.25) is 0 Å². The van der Waals surface area contributed by atoms with Crippen molar-refractivity contribution >= 4 is 6.03 Å². The standard InChI is InChI=1S/C30H33N5O/c1-3-26-25-20-34(30(36)31-23-13-7-8-14-23)28(22-12-9-11-21(2)19-22)27-17-10-18-33(27)29(25)35(32-26)24-15-5-4-6-16-24/h4-6,9-12,15-19,23,28H,3,7-8,13-14,20H2,1-2H3,(H,31,36)/t28-/m1/s1. The number of aromatic nitrogens is 3. The average molecular weight is 480 g/mol. The van der Waals surface area contributed by atoms with Gasteiger partial charge in [0.2, 0.25) is 0 Å². The molecule has 6 nitrogen and oxygen atoms in total. The van der Waals surface area contributed by atoms with E-state index in [1.54, 1.807) is 0 Å². The number of fused-ring (bicyclic) bond motifs is 3. The van der Waals surface area contributed by atoms with Crippen molar-refractivity contribution in [3.05, 3.63) is 101 Å². The van der Waals surface area contributed by atoms with Gasteiger partial charge < -0.3 is 14.8 Å². The number of nitrogens with one attached hydrogen (secondary N) is 1. The monoisotopic (exact) mass is 479 g/mol. The van der Waals surface area contributed by atoms with E-state index in [1.165, 1.54) is 18.4 Å². The predicted molar refractivity (Wildman–Crippen MR) is 142 cm³/mol. The Bertz CT molecular complexity index is 1380. The molecule has 0 bridgehead atoms. The lowest BCUT2D eigenvalue weighted by molar-refractivity contribution is 0.176. The quantitative estimate of drug-likeness (QED) is 0.385. The smallest absolute Gasteiger partial charge is 0.318 e. The van der Waals surface area contributed by atoms with Crippen molar-refractivity contribution in [2.75, 3.05) is 0 Å². The minimum atomic E-state index is -0.206. The highest BCUT2D eigenvalue weighted by Crippen LogP contribution is 2.39. The van der Waals surface area contributed by atoms with Crippen molar-refractivity contribution < 1.29 is 4.79 Å². The number of carbonyl (C=O) groups is 1. The van der Waals surface area contributed by atoms with Crippen molar-refractivity contribution in [1.29, 1.82) is 0 Å². The van der Waals surface area contributed by atoms with Gasteiger partial charge in [0.05, 0.1) is 29.7 Å². The zero-order chi connectivity index (χ0) is 24.6.